The summed E-state index contributed by atoms with van der Waals surface area (Å²) in [5.41, 5.74) is 0. The molecule has 2 heterocycles. The summed E-state index contributed by atoms with van der Waals surface area (Å²) in [6.45, 7) is 9.71. The van der Waals surface area contributed by atoms with Crippen molar-refractivity contribution in [3.05, 3.63) is 18.3 Å². The van der Waals surface area contributed by atoms with Gasteiger partial charge in [0.1, 0.15) is 10.7 Å². The lowest BCUT2D eigenvalue weighted by Crippen LogP contribution is -2.47. The summed E-state index contributed by atoms with van der Waals surface area (Å²) in [4.78, 5) is 7.03. The van der Waals surface area contributed by atoms with E-state index in [-0.39, 0.29) is 4.90 Å². The van der Waals surface area contributed by atoms with Crippen LogP contribution in [0.25, 0.3) is 0 Å². The number of piperidine rings is 1. The van der Waals surface area contributed by atoms with E-state index >= 15 is 0 Å². The molecule has 23 heavy (non-hydrogen) atoms. The third-order valence-corrected chi connectivity index (χ3v) is 5.83. The molecule has 0 aliphatic carbocycles. The van der Waals surface area contributed by atoms with Gasteiger partial charge in [-0.1, -0.05) is 20.8 Å². The highest BCUT2D eigenvalue weighted by atomic mass is 32.2. The lowest BCUT2D eigenvalue weighted by Gasteiger charge is -2.39. The molecule has 1 aliphatic heterocycles. The maximum Gasteiger partial charge on any atom is 0.179 e. The highest BCUT2D eigenvalue weighted by Gasteiger charge is 2.26. The van der Waals surface area contributed by atoms with Crippen molar-refractivity contribution >= 4 is 15.7 Å². The molecule has 130 valence electrons. The topological polar surface area (TPSA) is 62.3 Å². The van der Waals surface area contributed by atoms with Crippen LogP contribution in [0.15, 0.2) is 23.2 Å². The number of rotatable bonds is 6. The Morgan fingerprint density at radius 1 is 1.35 bits per heavy atom. The van der Waals surface area contributed by atoms with Crippen LogP contribution in [-0.4, -0.2) is 50.2 Å². The van der Waals surface area contributed by atoms with Crippen LogP contribution < -0.4 is 5.32 Å². The van der Waals surface area contributed by atoms with Crippen molar-refractivity contribution in [3.8, 4) is 0 Å². The maximum atomic E-state index is 11.9. The molecule has 5 nitrogen and oxygen atoms in total. The molecule has 0 saturated carbocycles. The second-order valence-corrected chi connectivity index (χ2v) is 9.02. The highest BCUT2D eigenvalue weighted by molar-refractivity contribution is 7.90. The number of hydrogen-bond acceptors (Lipinski definition) is 5. The van der Waals surface area contributed by atoms with E-state index in [0.717, 1.165) is 19.0 Å². The Kier molecular flexibility index (Phi) is 6.03. The van der Waals surface area contributed by atoms with Crippen molar-refractivity contribution in [2.75, 3.05) is 31.2 Å². The minimum absolute atomic E-state index is 0.273. The van der Waals surface area contributed by atoms with Gasteiger partial charge >= 0.3 is 0 Å². The Morgan fingerprint density at radius 3 is 2.57 bits per heavy atom. The number of aromatic nitrogens is 1. The smallest absolute Gasteiger partial charge is 0.179 e. The zero-order chi connectivity index (χ0) is 17.0. The number of hydrogen-bond donors (Lipinski definition) is 1. The molecule has 1 saturated heterocycles. The van der Waals surface area contributed by atoms with Crippen molar-refractivity contribution < 1.29 is 8.42 Å². The largest absolute Gasteiger partial charge is 0.367 e. The van der Waals surface area contributed by atoms with Gasteiger partial charge in [0.05, 0.1) is 0 Å². The van der Waals surface area contributed by atoms with Crippen molar-refractivity contribution in [1.82, 2.24) is 9.88 Å². The summed E-state index contributed by atoms with van der Waals surface area (Å²) in [5.74, 6) is 1.77. The fraction of sp³-hybridized carbons (Fsp3) is 0.706. The Balaban J connectivity index is 2.08. The van der Waals surface area contributed by atoms with Crippen LogP contribution in [-0.2, 0) is 9.84 Å². The number of nitrogens with one attached hydrogen (secondary N) is 1. The molecule has 1 atom stereocenters. The van der Waals surface area contributed by atoms with Gasteiger partial charge in [-0.15, -0.1) is 0 Å². The summed E-state index contributed by atoms with van der Waals surface area (Å²) in [6.07, 6.45) is 5.33. The molecule has 1 fully saturated rings. The van der Waals surface area contributed by atoms with Crippen LogP contribution in [0.5, 0.6) is 0 Å². The third kappa shape index (κ3) is 4.91. The van der Waals surface area contributed by atoms with E-state index in [1.807, 2.05) is 0 Å². The summed E-state index contributed by atoms with van der Waals surface area (Å²) in [7, 11) is -3.27. The first kappa shape index (κ1) is 18.2. The van der Waals surface area contributed by atoms with Gasteiger partial charge in [0.25, 0.3) is 0 Å². The van der Waals surface area contributed by atoms with Crippen molar-refractivity contribution in [1.29, 1.82) is 0 Å². The van der Waals surface area contributed by atoms with E-state index in [1.165, 1.54) is 19.1 Å². The van der Waals surface area contributed by atoms with Crippen LogP contribution in [0.2, 0.25) is 0 Å². The molecule has 1 aliphatic rings. The summed E-state index contributed by atoms with van der Waals surface area (Å²) in [5, 5.41) is 3.28. The molecular formula is C17H29N3O2S. The molecule has 6 heteroatoms. The van der Waals surface area contributed by atoms with Crippen molar-refractivity contribution in [2.45, 2.75) is 44.6 Å². The molecular weight excluding hydrogens is 310 g/mol. The van der Waals surface area contributed by atoms with Crippen LogP contribution in [0.4, 0.5) is 5.82 Å². The maximum absolute atomic E-state index is 11.9. The standard InChI is InChI=1S/C17H29N3O2S/c1-13(2)15(20-10-7-14(3)8-11-20)12-19-17-16(23(4,21)22)6-5-9-18-17/h5-6,9,13-15H,7-8,10-12H2,1-4H3,(H,18,19). The van der Waals surface area contributed by atoms with E-state index < -0.39 is 9.84 Å². The Morgan fingerprint density at radius 2 is 2.00 bits per heavy atom. The van der Waals surface area contributed by atoms with Gasteiger partial charge in [0.2, 0.25) is 0 Å². The summed E-state index contributed by atoms with van der Waals surface area (Å²) < 4.78 is 23.8. The summed E-state index contributed by atoms with van der Waals surface area (Å²) >= 11 is 0. The van der Waals surface area contributed by atoms with Crippen LogP contribution in [0, 0.1) is 11.8 Å². The molecule has 0 bridgehead atoms. The minimum Gasteiger partial charge on any atom is -0.367 e. The number of nitrogens with zero attached hydrogens (tertiary/aromatic N) is 2. The van der Waals surface area contributed by atoms with E-state index in [9.17, 15) is 8.42 Å². The van der Waals surface area contributed by atoms with E-state index in [4.69, 9.17) is 0 Å². The van der Waals surface area contributed by atoms with Crippen molar-refractivity contribution in [2.24, 2.45) is 11.8 Å². The van der Waals surface area contributed by atoms with Gasteiger partial charge in [0.15, 0.2) is 9.84 Å². The second kappa shape index (κ2) is 7.62. The SMILES string of the molecule is CC1CCN(C(CNc2ncccc2S(C)(=O)=O)C(C)C)CC1. The molecule has 1 unspecified atom stereocenters. The molecule has 2 rings (SSSR count). The summed E-state index contributed by atoms with van der Waals surface area (Å²) in [6, 6.07) is 3.66. The van der Waals surface area contributed by atoms with Crippen LogP contribution in [0.1, 0.15) is 33.6 Å². The molecule has 1 aromatic heterocycles. The molecule has 0 amide bonds. The first-order valence-electron chi connectivity index (χ1n) is 8.42. The Bertz CT molecular complexity index is 608. The predicted octanol–water partition coefficient (Wildman–Crippen LogP) is 2.65. The fourth-order valence-electron chi connectivity index (χ4n) is 3.17. The normalized spacial score (nSPS) is 19.0. The average molecular weight is 340 g/mol. The predicted molar refractivity (Wildman–Crippen MR) is 94.4 cm³/mol. The third-order valence-electron chi connectivity index (χ3n) is 4.71. The highest BCUT2D eigenvalue weighted by Crippen LogP contribution is 2.23. The van der Waals surface area contributed by atoms with Gasteiger partial charge in [-0.05, 0) is 49.9 Å². The Labute approximate surface area is 140 Å². The van der Waals surface area contributed by atoms with Gasteiger partial charge in [0, 0.05) is 25.0 Å². The van der Waals surface area contributed by atoms with Crippen LogP contribution >= 0.6 is 0 Å². The van der Waals surface area contributed by atoms with Gasteiger partial charge < -0.3 is 5.32 Å². The second-order valence-electron chi connectivity index (χ2n) is 7.03. The van der Waals surface area contributed by atoms with Gasteiger partial charge in [-0.2, -0.15) is 0 Å². The zero-order valence-electron chi connectivity index (χ0n) is 14.6. The fourth-order valence-corrected chi connectivity index (χ4v) is 3.97. The quantitative estimate of drug-likeness (QED) is 0.863. The van der Waals surface area contributed by atoms with Gasteiger partial charge in [-0.25, -0.2) is 13.4 Å². The molecule has 0 spiro atoms. The number of anilines is 1. The molecule has 1 N–H and O–H groups in total. The first-order chi connectivity index (χ1) is 10.8. The molecule has 0 aromatic carbocycles. The minimum atomic E-state index is -3.27. The van der Waals surface area contributed by atoms with Crippen LogP contribution in [0.3, 0.4) is 0 Å². The monoisotopic (exact) mass is 339 g/mol. The lowest BCUT2D eigenvalue weighted by molar-refractivity contribution is 0.115. The van der Waals surface area contributed by atoms with E-state index in [0.29, 0.717) is 24.3 Å². The van der Waals surface area contributed by atoms with Gasteiger partial charge in [-0.3, -0.25) is 4.90 Å². The van der Waals surface area contributed by atoms with E-state index in [2.05, 4.69) is 36.0 Å². The number of sulfone groups is 1. The molecule has 0 radical (unpaired) electrons. The first-order valence-corrected chi connectivity index (χ1v) is 10.3. The van der Waals surface area contributed by atoms with Crippen molar-refractivity contribution in [3.63, 3.8) is 0 Å². The lowest BCUT2D eigenvalue weighted by atomic mass is 9.94. The molecule has 1 aromatic rings. The average Bonchev–Trinajstić information content (AvgIpc) is 2.48. The number of likely N-dealkylation sites (tertiary alicyclic amines) is 1. The zero-order valence-corrected chi connectivity index (χ0v) is 15.4. The van der Waals surface area contributed by atoms with E-state index in [1.54, 1.807) is 18.3 Å². The Hall–Kier alpha value is -1.14. The number of pyridine rings is 1.